The zero-order chi connectivity index (χ0) is 26.3. The van der Waals surface area contributed by atoms with E-state index in [2.05, 4.69) is 15.3 Å². The first-order valence-corrected chi connectivity index (χ1v) is 11.5. The number of rotatable bonds is 5. The lowest BCUT2D eigenvalue weighted by Gasteiger charge is -2.27. The van der Waals surface area contributed by atoms with E-state index in [-0.39, 0.29) is 45.4 Å². The van der Waals surface area contributed by atoms with Gasteiger partial charge in [-0.25, -0.2) is 18.2 Å². The van der Waals surface area contributed by atoms with Crippen LogP contribution >= 0.6 is 0 Å². The van der Waals surface area contributed by atoms with E-state index in [0.717, 1.165) is 11.6 Å². The van der Waals surface area contributed by atoms with Gasteiger partial charge in [0, 0.05) is 43.9 Å². The predicted molar refractivity (Wildman–Crippen MR) is 132 cm³/mol. The van der Waals surface area contributed by atoms with E-state index >= 15 is 0 Å². The van der Waals surface area contributed by atoms with Gasteiger partial charge in [-0.15, -0.1) is 0 Å². The summed E-state index contributed by atoms with van der Waals surface area (Å²) in [4.78, 5) is 24.0. The van der Waals surface area contributed by atoms with Gasteiger partial charge in [0.1, 0.15) is 28.3 Å². The maximum Gasteiger partial charge on any atom is 0.255 e. The molecule has 37 heavy (non-hydrogen) atoms. The van der Waals surface area contributed by atoms with Crippen LogP contribution in [0.5, 0.6) is 11.5 Å². The monoisotopic (exact) mass is 508 g/mol. The van der Waals surface area contributed by atoms with Crippen molar-refractivity contribution in [2.45, 2.75) is 12.5 Å². The molecule has 0 radical (unpaired) electrons. The lowest BCUT2D eigenvalue weighted by atomic mass is 9.99. The minimum atomic E-state index is -1.34. The van der Waals surface area contributed by atoms with Crippen molar-refractivity contribution >= 4 is 22.6 Å². The average Bonchev–Trinajstić information content (AvgIpc) is 2.89. The fraction of sp³-hybridized carbons (Fsp3) is 0.222. The van der Waals surface area contributed by atoms with Crippen molar-refractivity contribution in [2.24, 2.45) is 0 Å². The molecular formula is C27H23F3N4O3. The van der Waals surface area contributed by atoms with Crippen LogP contribution in [0.3, 0.4) is 0 Å². The Labute approximate surface area is 210 Å². The lowest BCUT2D eigenvalue weighted by molar-refractivity contribution is 0.0925. The van der Waals surface area contributed by atoms with Crippen LogP contribution in [-0.4, -0.2) is 43.7 Å². The Kier molecular flexibility index (Phi) is 6.32. The van der Waals surface area contributed by atoms with Gasteiger partial charge in [0.2, 0.25) is 0 Å². The molecule has 7 nitrogen and oxygen atoms in total. The Hall–Kier alpha value is -4.34. The molecule has 0 bridgehead atoms. The minimum Gasteiger partial charge on any atom is -0.494 e. The van der Waals surface area contributed by atoms with Gasteiger partial charge in [-0.2, -0.15) is 0 Å². The van der Waals surface area contributed by atoms with Crippen molar-refractivity contribution in [3.8, 4) is 22.6 Å². The van der Waals surface area contributed by atoms with Gasteiger partial charge < -0.3 is 19.7 Å². The van der Waals surface area contributed by atoms with E-state index in [9.17, 15) is 18.0 Å². The number of benzene rings is 2. The quantitative estimate of drug-likeness (QED) is 0.381. The summed E-state index contributed by atoms with van der Waals surface area (Å²) in [5.74, 6) is -3.15. The van der Waals surface area contributed by atoms with Crippen LogP contribution in [0.4, 0.5) is 18.9 Å². The number of ether oxygens (including phenoxy) is 2. The van der Waals surface area contributed by atoms with E-state index in [1.54, 1.807) is 19.0 Å². The van der Waals surface area contributed by atoms with E-state index in [0.29, 0.717) is 30.5 Å². The summed E-state index contributed by atoms with van der Waals surface area (Å²) in [6.45, 7) is 0.457. The summed E-state index contributed by atoms with van der Waals surface area (Å²) in [5, 5.41) is 3.05. The van der Waals surface area contributed by atoms with Crippen LogP contribution in [-0.2, 0) is 0 Å². The van der Waals surface area contributed by atoms with Crippen molar-refractivity contribution in [1.29, 1.82) is 0 Å². The average molecular weight is 509 g/mol. The second kappa shape index (κ2) is 9.61. The predicted octanol–water partition coefficient (Wildman–Crippen LogP) is 5.04. The van der Waals surface area contributed by atoms with Crippen molar-refractivity contribution in [3.63, 3.8) is 0 Å². The van der Waals surface area contributed by atoms with E-state index in [1.807, 2.05) is 24.3 Å². The fourth-order valence-electron chi connectivity index (χ4n) is 4.60. The molecule has 1 N–H and O–H groups in total. The zero-order valence-electron chi connectivity index (χ0n) is 20.3. The van der Waals surface area contributed by atoms with Gasteiger partial charge in [-0.1, -0.05) is 18.2 Å². The molecular weight excluding hydrogens is 485 g/mol. The van der Waals surface area contributed by atoms with Gasteiger partial charge in [-0.3, -0.25) is 9.78 Å². The smallest absolute Gasteiger partial charge is 0.255 e. The molecule has 2 aromatic carbocycles. The van der Waals surface area contributed by atoms with Gasteiger partial charge in [0.05, 0.1) is 42.8 Å². The third kappa shape index (κ3) is 4.28. The van der Waals surface area contributed by atoms with Crippen LogP contribution in [0.25, 0.3) is 22.2 Å². The Morgan fingerprint density at radius 1 is 1.11 bits per heavy atom. The third-order valence-corrected chi connectivity index (χ3v) is 6.26. The molecule has 5 rings (SSSR count). The molecule has 4 aromatic rings. The van der Waals surface area contributed by atoms with Crippen molar-refractivity contribution in [3.05, 3.63) is 77.4 Å². The number of anilines is 1. The van der Waals surface area contributed by atoms with Gasteiger partial charge in [0.15, 0.2) is 11.6 Å². The third-order valence-electron chi connectivity index (χ3n) is 6.26. The molecule has 0 spiro atoms. The van der Waals surface area contributed by atoms with Crippen LogP contribution in [0, 0.1) is 17.5 Å². The molecule has 1 aliphatic heterocycles. The number of methoxy groups -OCH3 is 1. The highest BCUT2D eigenvalue weighted by atomic mass is 19.2. The molecule has 2 aromatic heterocycles. The summed E-state index contributed by atoms with van der Waals surface area (Å²) in [5.41, 5.74) is 1.53. The molecule has 1 atom stereocenters. The van der Waals surface area contributed by atoms with Crippen molar-refractivity contribution in [1.82, 2.24) is 15.3 Å². The topological polar surface area (TPSA) is 76.6 Å². The first kappa shape index (κ1) is 24.4. The van der Waals surface area contributed by atoms with E-state index < -0.39 is 17.5 Å². The molecule has 0 fully saturated rings. The number of hydrogen-bond acceptors (Lipinski definition) is 6. The number of para-hydroxylation sites is 1. The second-order valence-corrected chi connectivity index (χ2v) is 8.76. The first-order valence-electron chi connectivity index (χ1n) is 11.5. The highest BCUT2D eigenvalue weighted by molar-refractivity contribution is 6.09. The van der Waals surface area contributed by atoms with E-state index in [4.69, 9.17) is 9.47 Å². The molecule has 0 saturated carbocycles. The molecule has 0 saturated heterocycles. The highest BCUT2D eigenvalue weighted by Gasteiger charge is 2.28. The van der Waals surface area contributed by atoms with Crippen LogP contribution in [0.2, 0.25) is 0 Å². The Bertz CT molecular complexity index is 1530. The summed E-state index contributed by atoms with van der Waals surface area (Å²) in [6, 6.07) is 8.56. The summed E-state index contributed by atoms with van der Waals surface area (Å²) >= 11 is 0. The molecule has 10 heteroatoms. The Morgan fingerprint density at radius 2 is 1.86 bits per heavy atom. The van der Waals surface area contributed by atoms with Crippen molar-refractivity contribution in [2.75, 3.05) is 32.7 Å². The van der Waals surface area contributed by atoms with Crippen LogP contribution in [0.15, 0.2) is 48.8 Å². The standard InChI is InChI=1S/C27H23F3N4O3/c1-34(2)26-17(27(35)33-19-8-9-37-20-7-5-4-6-15(19)20)12-31-24-22(21(36-3)13-32-25(24)26)16-10-14(28)11-18(29)23(16)30/h4-7,10-13,19H,8-9H2,1-3H3,(H,33,35). The number of carbonyl (C=O) groups is 1. The molecule has 190 valence electrons. The molecule has 1 aliphatic rings. The number of halogens is 3. The van der Waals surface area contributed by atoms with Gasteiger partial charge in [0.25, 0.3) is 5.91 Å². The van der Waals surface area contributed by atoms with Crippen LogP contribution in [0.1, 0.15) is 28.4 Å². The van der Waals surface area contributed by atoms with Crippen LogP contribution < -0.4 is 19.7 Å². The highest BCUT2D eigenvalue weighted by Crippen LogP contribution is 2.40. The molecule has 1 unspecified atom stereocenters. The van der Waals surface area contributed by atoms with Gasteiger partial charge >= 0.3 is 0 Å². The van der Waals surface area contributed by atoms with E-state index in [1.165, 1.54) is 19.5 Å². The molecule has 0 aliphatic carbocycles. The largest absolute Gasteiger partial charge is 0.494 e. The summed E-state index contributed by atoms with van der Waals surface area (Å²) < 4.78 is 54.0. The number of aromatic nitrogens is 2. The number of carbonyl (C=O) groups excluding carboxylic acids is 1. The first-order chi connectivity index (χ1) is 17.8. The fourth-order valence-corrected chi connectivity index (χ4v) is 4.60. The summed E-state index contributed by atoms with van der Waals surface area (Å²) in [7, 11) is 4.78. The number of nitrogens with one attached hydrogen (secondary N) is 1. The molecule has 1 amide bonds. The number of nitrogens with zero attached hydrogens (tertiary/aromatic N) is 3. The second-order valence-electron chi connectivity index (χ2n) is 8.76. The Balaban J connectivity index is 1.65. The van der Waals surface area contributed by atoms with Gasteiger partial charge in [-0.05, 0) is 12.1 Å². The minimum absolute atomic E-state index is 0.0248. The number of fused-ring (bicyclic) bond motifs is 2. The molecule has 3 heterocycles. The maximum absolute atomic E-state index is 14.8. The summed E-state index contributed by atoms with van der Waals surface area (Å²) in [6.07, 6.45) is 3.24. The van der Waals surface area contributed by atoms with Crippen molar-refractivity contribution < 1.29 is 27.4 Å². The normalized spacial score (nSPS) is 14.6. The maximum atomic E-state index is 14.8. The number of hydrogen-bond donors (Lipinski definition) is 1. The zero-order valence-corrected chi connectivity index (χ0v) is 20.3. The number of pyridine rings is 2. The SMILES string of the molecule is COc1cnc2c(N(C)C)c(C(=O)NC3CCOc4ccccc43)cnc2c1-c1cc(F)cc(F)c1F. The number of amides is 1. The lowest BCUT2D eigenvalue weighted by Crippen LogP contribution is -2.33. The Morgan fingerprint density at radius 3 is 2.62 bits per heavy atom.